The van der Waals surface area contributed by atoms with Crippen molar-refractivity contribution >= 4 is 17.3 Å². The molecule has 0 aliphatic carbocycles. The van der Waals surface area contributed by atoms with Crippen molar-refractivity contribution in [1.82, 2.24) is 9.55 Å². The minimum absolute atomic E-state index is 0.259. The zero-order valence-corrected chi connectivity index (χ0v) is 13.7. The molecule has 4 rings (SSSR count). The first kappa shape index (κ1) is 16.0. The van der Waals surface area contributed by atoms with E-state index >= 15 is 0 Å². The molecule has 5 nitrogen and oxygen atoms in total. The van der Waals surface area contributed by atoms with Gasteiger partial charge in [0.05, 0.1) is 23.3 Å². The predicted molar refractivity (Wildman–Crippen MR) is 91.5 cm³/mol. The number of fused-ring (bicyclic) bond motifs is 3. The molecule has 2 heterocycles. The van der Waals surface area contributed by atoms with E-state index < -0.39 is 12.0 Å². The quantitative estimate of drug-likeness (QED) is 0.740. The van der Waals surface area contributed by atoms with Gasteiger partial charge in [-0.25, -0.2) is 14.4 Å². The second-order valence-corrected chi connectivity index (χ2v) is 6.02. The maximum absolute atomic E-state index is 14.4. The first-order valence-electron chi connectivity index (χ1n) is 7.58. The van der Waals surface area contributed by atoms with Crippen LogP contribution in [0, 0.1) is 5.82 Å². The second kappa shape index (κ2) is 6.07. The predicted octanol–water partition coefficient (Wildman–Crippen LogP) is 3.00. The van der Waals surface area contributed by atoms with Crippen LogP contribution in [-0.2, 0) is 6.61 Å². The van der Waals surface area contributed by atoms with E-state index in [0.717, 1.165) is 0 Å². The number of benzene rings is 2. The molecule has 0 amide bonds. The molecule has 126 valence electrons. The molecule has 7 heteroatoms. The summed E-state index contributed by atoms with van der Waals surface area (Å²) in [4.78, 5) is 8.43. The Labute approximate surface area is 147 Å². The number of halogens is 2. The maximum Gasteiger partial charge on any atom is 0.189 e. The van der Waals surface area contributed by atoms with Gasteiger partial charge in [0.15, 0.2) is 6.23 Å². The monoisotopic (exact) mass is 357 g/mol. The summed E-state index contributed by atoms with van der Waals surface area (Å²) in [6, 6.07) is 11.3. The molecule has 0 fully saturated rings. The minimum Gasteiger partial charge on any atom is -0.388 e. The Morgan fingerprint density at radius 3 is 2.72 bits per heavy atom. The highest BCUT2D eigenvalue weighted by Crippen LogP contribution is 2.32. The van der Waals surface area contributed by atoms with Crippen molar-refractivity contribution in [2.24, 2.45) is 4.99 Å². The maximum atomic E-state index is 14.4. The first-order valence-corrected chi connectivity index (χ1v) is 7.96. The molecule has 25 heavy (non-hydrogen) atoms. The summed E-state index contributed by atoms with van der Waals surface area (Å²) in [5, 5.41) is 20.6. The number of aliphatic imine (C=N–C) groups is 1. The SMILES string of the molecule is OCc1ncc2n1-c1ccc(Cl)cc1C(c1ccccc1F)=N[C@@H]2O. The van der Waals surface area contributed by atoms with Crippen LogP contribution >= 0.6 is 11.6 Å². The normalized spacial score (nSPS) is 16.0. The Morgan fingerprint density at radius 2 is 1.96 bits per heavy atom. The minimum atomic E-state index is -1.26. The largest absolute Gasteiger partial charge is 0.388 e. The zero-order chi connectivity index (χ0) is 17.6. The van der Waals surface area contributed by atoms with Gasteiger partial charge in [-0.2, -0.15) is 0 Å². The van der Waals surface area contributed by atoms with Gasteiger partial charge in [0.25, 0.3) is 0 Å². The van der Waals surface area contributed by atoms with Crippen LogP contribution in [-0.4, -0.2) is 25.5 Å². The van der Waals surface area contributed by atoms with Crippen LogP contribution < -0.4 is 0 Å². The Morgan fingerprint density at radius 1 is 1.16 bits per heavy atom. The molecule has 1 aliphatic rings. The van der Waals surface area contributed by atoms with Crippen LogP contribution in [0.1, 0.15) is 28.9 Å². The Kier molecular flexibility index (Phi) is 3.88. The van der Waals surface area contributed by atoms with Gasteiger partial charge < -0.3 is 10.2 Å². The van der Waals surface area contributed by atoms with E-state index in [-0.39, 0.29) is 17.9 Å². The number of hydrogen-bond donors (Lipinski definition) is 2. The topological polar surface area (TPSA) is 70.6 Å². The van der Waals surface area contributed by atoms with Gasteiger partial charge in [-0.3, -0.25) is 4.57 Å². The molecule has 2 aromatic carbocycles. The van der Waals surface area contributed by atoms with Crippen LogP contribution in [0.3, 0.4) is 0 Å². The van der Waals surface area contributed by atoms with Crippen LogP contribution in [0.2, 0.25) is 5.02 Å². The van der Waals surface area contributed by atoms with Crippen molar-refractivity contribution in [3.05, 3.63) is 82.1 Å². The van der Waals surface area contributed by atoms with Crippen molar-refractivity contribution in [3.63, 3.8) is 0 Å². The summed E-state index contributed by atoms with van der Waals surface area (Å²) in [5.41, 5.74) is 2.09. The van der Waals surface area contributed by atoms with Crippen molar-refractivity contribution < 1.29 is 14.6 Å². The highest BCUT2D eigenvalue weighted by atomic mass is 35.5. The van der Waals surface area contributed by atoms with Gasteiger partial charge in [-0.15, -0.1) is 0 Å². The molecule has 2 N–H and O–H groups in total. The number of rotatable bonds is 2. The number of hydrogen-bond acceptors (Lipinski definition) is 4. The van der Waals surface area contributed by atoms with Gasteiger partial charge in [-0.05, 0) is 30.3 Å². The molecule has 0 saturated heterocycles. The summed E-state index contributed by atoms with van der Waals surface area (Å²) >= 11 is 6.15. The van der Waals surface area contributed by atoms with Gasteiger partial charge in [0.2, 0.25) is 0 Å². The molecule has 0 bridgehead atoms. The number of nitrogens with zero attached hydrogens (tertiary/aromatic N) is 3. The number of aliphatic hydroxyl groups is 2. The Balaban J connectivity index is 2.06. The summed E-state index contributed by atoms with van der Waals surface area (Å²) in [5.74, 6) is -0.103. The van der Waals surface area contributed by atoms with Gasteiger partial charge in [0, 0.05) is 16.1 Å². The molecular weight excluding hydrogens is 345 g/mol. The fourth-order valence-corrected chi connectivity index (χ4v) is 3.17. The smallest absolute Gasteiger partial charge is 0.189 e. The van der Waals surface area contributed by atoms with E-state index in [0.29, 0.717) is 27.8 Å². The average Bonchev–Trinajstić information content (AvgIpc) is 2.99. The van der Waals surface area contributed by atoms with Crippen LogP contribution in [0.25, 0.3) is 5.69 Å². The fourth-order valence-electron chi connectivity index (χ4n) is 3.00. The molecule has 1 atom stereocenters. The molecule has 3 aromatic rings. The lowest BCUT2D eigenvalue weighted by Crippen LogP contribution is -2.10. The zero-order valence-electron chi connectivity index (χ0n) is 12.9. The van der Waals surface area contributed by atoms with E-state index in [1.54, 1.807) is 41.0 Å². The summed E-state index contributed by atoms with van der Waals surface area (Å²) < 4.78 is 16.0. The highest BCUT2D eigenvalue weighted by Gasteiger charge is 2.27. The van der Waals surface area contributed by atoms with E-state index in [4.69, 9.17) is 11.6 Å². The lowest BCUT2D eigenvalue weighted by molar-refractivity contribution is 0.181. The second-order valence-electron chi connectivity index (χ2n) is 5.59. The standard InChI is InChI=1S/C18H13ClFN3O2/c19-10-5-6-14-12(7-10)17(11-3-1-2-4-13(11)20)22-18(25)15-8-21-16(9-24)23(14)15/h1-8,18,24-25H,9H2/t18-/m1/s1. The Hall–Kier alpha value is -2.54. The van der Waals surface area contributed by atoms with Crippen molar-refractivity contribution in [1.29, 1.82) is 0 Å². The van der Waals surface area contributed by atoms with E-state index in [1.165, 1.54) is 12.3 Å². The van der Waals surface area contributed by atoms with E-state index in [2.05, 4.69) is 9.98 Å². The molecule has 0 unspecified atom stereocenters. The average molecular weight is 358 g/mol. The first-order chi connectivity index (χ1) is 12.1. The van der Waals surface area contributed by atoms with Gasteiger partial charge in [-0.1, -0.05) is 23.7 Å². The van der Waals surface area contributed by atoms with E-state index in [1.807, 2.05) is 0 Å². The van der Waals surface area contributed by atoms with E-state index in [9.17, 15) is 14.6 Å². The molecule has 1 aromatic heterocycles. The molecule has 0 saturated carbocycles. The number of aromatic nitrogens is 2. The summed E-state index contributed by atoms with van der Waals surface area (Å²) in [6.07, 6.45) is 0.191. The number of imidazole rings is 1. The van der Waals surface area contributed by atoms with Crippen molar-refractivity contribution in [2.75, 3.05) is 0 Å². The Bertz CT molecular complexity index is 1000. The third-order valence-electron chi connectivity index (χ3n) is 4.10. The van der Waals surface area contributed by atoms with Crippen molar-refractivity contribution in [3.8, 4) is 5.69 Å². The molecule has 0 spiro atoms. The molecule has 0 radical (unpaired) electrons. The molecular formula is C18H13ClFN3O2. The summed E-state index contributed by atoms with van der Waals surface area (Å²) in [7, 11) is 0. The molecule has 1 aliphatic heterocycles. The highest BCUT2D eigenvalue weighted by molar-refractivity contribution is 6.31. The lowest BCUT2D eigenvalue weighted by Gasteiger charge is -2.14. The third-order valence-corrected chi connectivity index (χ3v) is 4.34. The fraction of sp³-hybridized carbons (Fsp3) is 0.111. The summed E-state index contributed by atoms with van der Waals surface area (Å²) in [6.45, 7) is -0.316. The van der Waals surface area contributed by atoms with Gasteiger partial charge >= 0.3 is 0 Å². The van der Waals surface area contributed by atoms with Crippen LogP contribution in [0.4, 0.5) is 4.39 Å². The van der Waals surface area contributed by atoms with Crippen LogP contribution in [0.15, 0.2) is 53.7 Å². The third kappa shape index (κ3) is 2.55. The number of aliphatic hydroxyl groups excluding tert-OH is 2. The van der Waals surface area contributed by atoms with Crippen molar-refractivity contribution in [2.45, 2.75) is 12.8 Å². The lowest BCUT2D eigenvalue weighted by atomic mass is 10.00. The van der Waals surface area contributed by atoms with Crippen LogP contribution in [0.5, 0.6) is 0 Å². The van der Waals surface area contributed by atoms with Gasteiger partial charge in [0.1, 0.15) is 18.2 Å².